The zero-order chi connectivity index (χ0) is 20.4. The molecule has 0 aliphatic carbocycles. The van der Waals surface area contributed by atoms with Crippen LogP contribution in [-0.4, -0.2) is 54.2 Å². The van der Waals surface area contributed by atoms with Crippen LogP contribution < -0.4 is 10.5 Å². The van der Waals surface area contributed by atoms with E-state index in [1.165, 1.54) is 6.33 Å². The molecule has 1 aromatic carbocycles. The predicted octanol–water partition coefficient (Wildman–Crippen LogP) is 1.10. The molecule has 1 saturated heterocycles. The number of hydrogen-bond donors (Lipinski definition) is 1. The number of amides is 1. The van der Waals surface area contributed by atoms with Gasteiger partial charge in [0.25, 0.3) is 15.9 Å². The van der Waals surface area contributed by atoms with Crippen LogP contribution in [0.15, 0.2) is 41.2 Å². The zero-order valence-corrected chi connectivity index (χ0v) is 16.5. The van der Waals surface area contributed by atoms with Crippen molar-refractivity contribution in [3.63, 3.8) is 0 Å². The number of nitrogens with two attached hydrogens (primary N) is 1. The zero-order valence-electron chi connectivity index (χ0n) is 15.7. The molecule has 2 aromatic rings. The van der Waals surface area contributed by atoms with E-state index in [1.54, 1.807) is 35.4 Å². The Hall–Kier alpha value is -3.01. The van der Waals surface area contributed by atoms with Gasteiger partial charge in [0.1, 0.15) is 30.2 Å². The Balaban J connectivity index is 1.53. The van der Waals surface area contributed by atoms with Crippen molar-refractivity contribution >= 4 is 21.8 Å². The van der Waals surface area contributed by atoms with E-state index in [2.05, 4.69) is 14.4 Å². The van der Waals surface area contributed by atoms with Gasteiger partial charge in [0.15, 0.2) is 0 Å². The Morgan fingerprint density at radius 1 is 1.28 bits per heavy atom. The summed E-state index contributed by atoms with van der Waals surface area (Å²) < 4.78 is 33.3. The smallest absolute Gasteiger partial charge is 0.272 e. The van der Waals surface area contributed by atoms with E-state index < -0.39 is 10.0 Å². The van der Waals surface area contributed by atoms with Crippen LogP contribution >= 0.6 is 0 Å². The second-order valence-electron chi connectivity index (χ2n) is 7.05. The number of piperidine rings is 1. The summed E-state index contributed by atoms with van der Waals surface area (Å²) in [4.78, 5) is 22.5. The molecule has 9 nitrogen and oxygen atoms in total. The Bertz CT molecular complexity index is 1060. The van der Waals surface area contributed by atoms with E-state index >= 15 is 0 Å². The Labute approximate surface area is 168 Å². The van der Waals surface area contributed by atoms with E-state index in [0.717, 1.165) is 19.3 Å². The number of aromatic nitrogens is 2. The van der Waals surface area contributed by atoms with E-state index in [-0.39, 0.29) is 30.1 Å². The van der Waals surface area contributed by atoms with Crippen molar-refractivity contribution in [2.75, 3.05) is 13.2 Å². The van der Waals surface area contributed by atoms with E-state index in [0.29, 0.717) is 29.1 Å². The first-order valence-electron chi connectivity index (χ1n) is 9.35. The van der Waals surface area contributed by atoms with Crippen LogP contribution in [0.4, 0.5) is 0 Å². The van der Waals surface area contributed by atoms with E-state index in [9.17, 15) is 13.2 Å². The van der Waals surface area contributed by atoms with Crippen molar-refractivity contribution in [1.82, 2.24) is 14.9 Å². The summed E-state index contributed by atoms with van der Waals surface area (Å²) in [6.07, 6.45) is 5.63. The highest BCUT2D eigenvalue weighted by Gasteiger charge is 2.30. The van der Waals surface area contributed by atoms with Crippen LogP contribution in [0.1, 0.15) is 40.9 Å². The number of carbonyl (C=O) groups excluding carboxylic acids is 1. The van der Waals surface area contributed by atoms with Crippen molar-refractivity contribution in [3.05, 3.63) is 53.6 Å². The van der Waals surface area contributed by atoms with Gasteiger partial charge < -0.3 is 15.4 Å². The van der Waals surface area contributed by atoms with Crippen LogP contribution in [0.3, 0.4) is 0 Å². The molecule has 0 saturated carbocycles. The number of rotatable bonds is 4. The molecule has 0 bridgehead atoms. The SMILES string of the molecule is NC1=NS(=O)(=O)Cc2cccc(OC[C@H]3CCCCN3C(=O)c3ccncn3)c21. The number of fused-ring (bicyclic) bond motifs is 1. The molecule has 0 unspecified atom stereocenters. The largest absolute Gasteiger partial charge is 0.491 e. The maximum absolute atomic E-state index is 12.9. The van der Waals surface area contributed by atoms with E-state index in [1.807, 2.05) is 0 Å². The number of hydrogen-bond acceptors (Lipinski definition) is 7. The fraction of sp³-hybridized carbons (Fsp3) is 0.368. The molecule has 4 rings (SSSR count). The highest BCUT2D eigenvalue weighted by atomic mass is 32.2. The van der Waals surface area contributed by atoms with Gasteiger partial charge in [-0.15, -0.1) is 4.40 Å². The molecule has 3 heterocycles. The fourth-order valence-corrected chi connectivity index (χ4v) is 4.81. The first-order valence-corrected chi connectivity index (χ1v) is 11.0. The maximum atomic E-state index is 12.9. The van der Waals surface area contributed by atoms with Crippen molar-refractivity contribution in [2.45, 2.75) is 31.1 Å². The lowest BCUT2D eigenvalue weighted by Crippen LogP contribution is -2.47. The highest BCUT2D eigenvalue weighted by Crippen LogP contribution is 2.29. The molecule has 1 atom stereocenters. The third-order valence-electron chi connectivity index (χ3n) is 5.06. The van der Waals surface area contributed by atoms with Gasteiger partial charge in [-0.3, -0.25) is 4.79 Å². The molecule has 2 aliphatic rings. The molecule has 0 radical (unpaired) electrons. The lowest BCUT2D eigenvalue weighted by molar-refractivity contribution is 0.0522. The van der Waals surface area contributed by atoms with Crippen molar-refractivity contribution in [3.8, 4) is 5.75 Å². The van der Waals surface area contributed by atoms with Crippen LogP contribution in [0.25, 0.3) is 0 Å². The fourth-order valence-electron chi connectivity index (χ4n) is 3.72. The van der Waals surface area contributed by atoms with Crippen molar-refractivity contribution < 1.29 is 17.9 Å². The van der Waals surface area contributed by atoms with Gasteiger partial charge in [-0.05, 0) is 37.0 Å². The molecule has 2 aliphatic heterocycles. The molecular formula is C19H21N5O4S. The molecule has 0 spiro atoms. The monoisotopic (exact) mass is 415 g/mol. The lowest BCUT2D eigenvalue weighted by atomic mass is 10.0. The predicted molar refractivity (Wildman–Crippen MR) is 106 cm³/mol. The quantitative estimate of drug-likeness (QED) is 0.792. The molecule has 1 amide bonds. The summed E-state index contributed by atoms with van der Waals surface area (Å²) in [7, 11) is -3.61. The summed E-state index contributed by atoms with van der Waals surface area (Å²) in [5.41, 5.74) is 7.32. The molecule has 152 valence electrons. The minimum atomic E-state index is -3.61. The van der Waals surface area contributed by atoms with Crippen LogP contribution in [0.5, 0.6) is 5.75 Å². The topological polar surface area (TPSA) is 128 Å². The second kappa shape index (κ2) is 7.78. The van der Waals surface area contributed by atoms with Gasteiger partial charge in [0.05, 0.1) is 17.4 Å². The van der Waals surface area contributed by atoms with Gasteiger partial charge in [0.2, 0.25) is 0 Å². The average molecular weight is 415 g/mol. The first kappa shape index (κ1) is 19.3. The number of benzene rings is 1. The van der Waals surface area contributed by atoms with Crippen molar-refractivity contribution in [1.29, 1.82) is 0 Å². The lowest BCUT2D eigenvalue weighted by Gasteiger charge is -2.35. The summed E-state index contributed by atoms with van der Waals surface area (Å²) >= 11 is 0. The third kappa shape index (κ3) is 4.07. The average Bonchev–Trinajstić information content (AvgIpc) is 2.71. The number of carbonyl (C=O) groups is 1. The third-order valence-corrected chi connectivity index (χ3v) is 6.21. The number of sulfonamides is 1. The minimum absolute atomic E-state index is 0.0700. The normalized spacial score (nSPS) is 20.5. The highest BCUT2D eigenvalue weighted by molar-refractivity contribution is 7.89. The number of likely N-dealkylation sites (tertiary alicyclic amines) is 1. The minimum Gasteiger partial charge on any atom is -0.491 e. The molecule has 10 heteroatoms. The Kier molecular flexibility index (Phi) is 5.18. The van der Waals surface area contributed by atoms with Gasteiger partial charge in [-0.2, -0.15) is 0 Å². The molecule has 2 N–H and O–H groups in total. The molecule has 1 fully saturated rings. The summed E-state index contributed by atoms with van der Waals surface area (Å²) in [6.45, 7) is 0.902. The summed E-state index contributed by atoms with van der Waals surface area (Å²) in [5.74, 6) is 0.0446. The second-order valence-corrected chi connectivity index (χ2v) is 8.68. The Morgan fingerprint density at radius 3 is 2.93 bits per heavy atom. The summed E-state index contributed by atoms with van der Waals surface area (Å²) in [6, 6.07) is 6.64. The molecule has 1 aromatic heterocycles. The van der Waals surface area contributed by atoms with E-state index in [4.69, 9.17) is 10.5 Å². The number of amidine groups is 1. The summed E-state index contributed by atoms with van der Waals surface area (Å²) in [5, 5.41) is 0. The van der Waals surface area contributed by atoms with Gasteiger partial charge in [-0.25, -0.2) is 18.4 Å². The van der Waals surface area contributed by atoms with Crippen molar-refractivity contribution in [2.24, 2.45) is 10.1 Å². The van der Waals surface area contributed by atoms with Crippen LogP contribution in [-0.2, 0) is 15.8 Å². The molecule has 29 heavy (non-hydrogen) atoms. The first-order chi connectivity index (χ1) is 13.9. The standard InChI is InChI=1S/C19H21N5O4S/c20-18-17-13(11-29(26,27)23-18)4-3-6-16(17)28-10-14-5-1-2-9-24(14)19(25)15-7-8-21-12-22-15/h3-4,6-8,12,14H,1-2,5,9-11H2,(H2,20,23)/t14-/m1/s1. The number of nitrogens with zero attached hydrogens (tertiary/aromatic N) is 4. The Morgan fingerprint density at radius 2 is 2.14 bits per heavy atom. The van der Waals surface area contributed by atoms with Crippen LogP contribution in [0, 0.1) is 0 Å². The number of ether oxygens (including phenoxy) is 1. The van der Waals surface area contributed by atoms with Gasteiger partial charge >= 0.3 is 0 Å². The van der Waals surface area contributed by atoms with Gasteiger partial charge in [0, 0.05) is 12.7 Å². The van der Waals surface area contributed by atoms with Gasteiger partial charge in [-0.1, -0.05) is 12.1 Å². The maximum Gasteiger partial charge on any atom is 0.272 e. The van der Waals surface area contributed by atoms with Crippen LogP contribution in [0.2, 0.25) is 0 Å². The molecular weight excluding hydrogens is 394 g/mol.